The number of rotatable bonds is 7. The van der Waals surface area contributed by atoms with E-state index < -0.39 is 27.9 Å². The molecule has 0 aromatic heterocycles. The van der Waals surface area contributed by atoms with Crippen LogP contribution >= 0.6 is 0 Å². The van der Waals surface area contributed by atoms with Gasteiger partial charge in [-0.3, -0.25) is 0 Å². The topological polar surface area (TPSA) is 75.7 Å². The summed E-state index contributed by atoms with van der Waals surface area (Å²) >= 11 is 0. The van der Waals surface area contributed by atoms with E-state index in [4.69, 9.17) is 4.18 Å². The van der Waals surface area contributed by atoms with Crippen molar-refractivity contribution in [2.24, 2.45) is 0 Å². The number of urea groups is 1. The van der Waals surface area contributed by atoms with E-state index in [1.165, 1.54) is 42.2 Å². The molecule has 0 aliphatic rings. The third-order valence-electron chi connectivity index (χ3n) is 4.21. The molecule has 0 aliphatic carbocycles. The van der Waals surface area contributed by atoms with E-state index in [0.717, 1.165) is 6.07 Å². The first kappa shape index (κ1) is 23.5. The quantitative estimate of drug-likeness (QED) is 0.618. The molecule has 2 rings (SSSR count). The Morgan fingerprint density at radius 2 is 1.70 bits per heavy atom. The molecule has 2 amide bonds. The first-order chi connectivity index (χ1) is 13.9. The molecule has 0 fully saturated rings. The minimum Gasteiger partial charge on any atom is -0.382 e. The van der Waals surface area contributed by atoms with E-state index in [-0.39, 0.29) is 29.8 Å². The van der Waals surface area contributed by atoms with Crippen LogP contribution in [-0.2, 0) is 22.8 Å². The van der Waals surface area contributed by atoms with Gasteiger partial charge < -0.3 is 14.4 Å². The second-order valence-electron chi connectivity index (χ2n) is 6.77. The normalized spacial score (nSPS) is 12.0. The fourth-order valence-corrected chi connectivity index (χ4v) is 3.09. The molecule has 0 spiro atoms. The van der Waals surface area contributed by atoms with E-state index >= 15 is 0 Å². The Balaban J connectivity index is 2.16. The molecular formula is C20H23F3N2O4S. The number of nitrogens with one attached hydrogen (secondary N) is 1. The maximum atomic E-state index is 13.2. The van der Waals surface area contributed by atoms with E-state index in [2.05, 4.69) is 5.32 Å². The van der Waals surface area contributed by atoms with Gasteiger partial charge in [0.1, 0.15) is 5.75 Å². The third kappa shape index (κ3) is 6.38. The van der Waals surface area contributed by atoms with Crippen LogP contribution in [-0.4, -0.2) is 31.1 Å². The number of benzene rings is 2. The van der Waals surface area contributed by atoms with Crippen molar-refractivity contribution in [1.29, 1.82) is 0 Å². The fraction of sp³-hybridized carbons (Fsp3) is 0.350. The standard InChI is InChI=1S/C20H23F3N2O4S/c1-4-30(27,28)29-16-11-9-15(10-12-16)13-25(14(2)3)19(26)24-18-8-6-5-7-17(18)20(21,22)23/h5-12,14H,4,13H2,1-3H3,(H,24,26). The van der Waals surface area contributed by atoms with Crippen LogP contribution in [0.1, 0.15) is 31.9 Å². The zero-order chi connectivity index (χ0) is 22.5. The summed E-state index contributed by atoms with van der Waals surface area (Å²) in [5.41, 5.74) is -0.598. The monoisotopic (exact) mass is 444 g/mol. The van der Waals surface area contributed by atoms with Gasteiger partial charge in [-0.05, 0) is 50.6 Å². The Morgan fingerprint density at radius 1 is 1.10 bits per heavy atom. The zero-order valence-electron chi connectivity index (χ0n) is 16.7. The molecule has 6 nitrogen and oxygen atoms in total. The van der Waals surface area contributed by atoms with E-state index in [1.807, 2.05) is 0 Å². The minimum absolute atomic E-state index is 0.110. The number of para-hydroxylation sites is 1. The van der Waals surface area contributed by atoms with Crippen molar-refractivity contribution in [3.8, 4) is 5.75 Å². The number of carbonyl (C=O) groups is 1. The number of hydrogen-bond acceptors (Lipinski definition) is 4. The molecule has 0 unspecified atom stereocenters. The van der Waals surface area contributed by atoms with Gasteiger partial charge in [-0.1, -0.05) is 24.3 Å². The Bertz CT molecular complexity index is 974. The van der Waals surface area contributed by atoms with Gasteiger partial charge >= 0.3 is 22.3 Å². The number of anilines is 1. The van der Waals surface area contributed by atoms with E-state index in [1.54, 1.807) is 26.0 Å². The van der Waals surface area contributed by atoms with Crippen LogP contribution in [0.5, 0.6) is 5.75 Å². The van der Waals surface area contributed by atoms with Crippen molar-refractivity contribution in [2.45, 2.75) is 39.5 Å². The first-order valence-electron chi connectivity index (χ1n) is 9.18. The molecule has 0 atom stereocenters. The molecule has 10 heteroatoms. The fourth-order valence-electron chi connectivity index (χ4n) is 2.57. The third-order valence-corrected chi connectivity index (χ3v) is 5.36. The van der Waals surface area contributed by atoms with Crippen molar-refractivity contribution in [3.05, 3.63) is 59.7 Å². The lowest BCUT2D eigenvalue weighted by molar-refractivity contribution is -0.136. The summed E-state index contributed by atoms with van der Waals surface area (Å²) in [6, 6.07) is 9.86. The van der Waals surface area contributed by atoms with Crippen LogP contribution in [0.2, 0.25) is 0 Å². The SMILES string of the molecule is CCS(=O)(=O)Oc1ccc(CN(C(=O)Nc2ccccc2C(F)(F)F)C(C)C)cc1. The second-order valence-corrected chi connectivity index (χ2v) is 8.63. The Hall–Kier alpha value is -2.75. The summed E-state index contributed by atoms with van der Waals surface area (Å²) in [7, 11) is -3.65. The zero-order valence-corrected chi connectivity index (χ0v) is 17.5. The number of nitrogens with zero attached hydrogens (tertiary/aromatic N) is 1. The maximum Gasteiger partial charge on any atom is 0.418 e. The summed E-state index contributed by atoms with van der Waals surface area (Å²) in [5.74, 6) is -0.0321. The highest BCUT2D eigenvalue weighted by molar-refractivity contribution is 7.87. The van der Waals surface area contributed by atoms with Gasteiger partial charge in [-0.15, -0.1) is 0 Å². The lowest BCUT2D eigenvalue weighted by Gasteiger charge is -2.28. The van der Waals surface area contributed by atoms with Crippen LogP contribution in [0.15, 0.2) is 48.5 Å². The molecule has 164 valence electrons. The lowest BCUT2D eigenvalue weighted by atomic mass is 10.1. The van der Waals surface area contributed by atoms with Crippen LogP contribution in [0.4, 0.5) is 23.7 Å². The van der Waals surface area contributed by atoms with E-state index in [0.29, 0.717) is 5.56 Å². The molecule has 30 heavy (non-hydrogen) atoms. The van der Waals surface area contributed by atoms with Gasteiger partial charge in [-0.2, -0.15) is 21.6 Å². The highest BCUT2D eigenvalue weighted by Gasteiger charge is 2.34. The van der Waals surface area contributed by atoms with Crippen molar-refractivity contribution >= 4 is 21.8 Å². The molecular weight excluding hydrogens is 421 g/mol. The summed E-state index contributed by atoms with van der Waals surface area (Å²) in [6.07, 6.45) is -4.60. The molecule has 0 heterocycles. The van der Waals surface area contributed by atoms with Crippen LogP contribution in [0, 0.1) is 0 Å². The smallest absolute Gasteiger partial charge is 0.382 e. The molecule has 2 aromatic carbocycles. The Morgan fingerprint density at radius 3 is 2.23 bits per heavy atom. The van der Waals surface area contributed by atoms with Crippen molar-refractivity contribution in [1.82, 2.24) is 4.90 Å². The Labute approximate surface area is 173 Å². The number of halogens is 3. The first-order valence-corrected chi connectivity index (χ1v) is 10.8. The van der Waals surface area contributed by atoms with Gasteiger partial charge in [0, 0.05) is 12.6 Å². The molecule has 1 N–H and O–H groups in total. The summed E-state index contributed by atoms with van der Waals surface area (Å²) < 4.78 is 67.4. The average molecular weight is 444 g/mol. The predicted molar refractivity (Wildman–Crippen MR) is 108 cm³/mol. The van der Waals surface area contributed by atoms with Gasteiger partial charge in [0.2, 0.25) is 0 Å². The molecule has 0 aliphatic heterocycles. The highest BCUT2D eigenvalue weighted by atomic mass is 32.2. The van der Waals surface area contributed by atoms with Gasteiger partial charge in [0.05, 0.1) is 17.0 Å². The minimum atomic E-state index is -4.60. The molecule has 0 saturated carbocycles. The number of alkyl halides is 3. The molecule has 0 saturated heterocycles. The van der Waals surface area contributed by atoms with Crippen LogP contribution < -0.4 is 9.50 Å². The average Bonchev–Trinajstić information content (AvgIpc) is 2.66. The number of amides is 2. The molecule has 0 bridgehead atoms. The van der Waals surface area contributed by atoms with Crippen molar-refractivity contribution in [2.75, 3.05) is 11.1 Å². The summed E-state index contributed by atoms with van der Waals surface area (Å²) in [6.45, 7) is 5.04. The van der Waals surface area contributed by atoms with Crippen LogP contribution in [0.25, 0.3) is 0 Å². The lowest BCUT2D eigenvalue weighted by Crippen LogP contribution is -2.39. The number of hydrogen-bond donors (Lipinski definition) is 1. The summed E-state index contributed by atoms with van der Waals surface area (Å²) in [4.78, 5) is 14.0. The maximum absolute atomic E-state index is 13.2. The van der Waals surface area contributed by atoms with Crippen LogP contribution in [0.3, 0.4) is 0 Å². The van der Waals surface area contributed by atoms with E-state index in [9.17, 15) is 26.4 Å². The van der Waals surface area contributed by atoms with Gasteiger partial charge in [0.25, 0.3) is 0 Å². The predicted octanol–water partition coefficient (Wildman–Crippen LogP) is 4.88. The van der Waals surface area contributed by atoms with Gasteiger partial charge in [-0.25, -0.2) is 4.79 Å². The molecule has 0 radical (unpaired) electrons. The second kappa shape index (κ2) is 9.38. The molecule has 2 aromatic rings. The van der Waals surface area contributed by atoms with Crippen molar-refractivity contribution in [3.63, 3.8) is 0 Å². The highest BCUT2D eigenvalue weighted by Crippen LogP contribution is 2.34. The Kier molecular flexibility index (Phi) is 7.35. The number of carbonyl (C=O) groups excluding carboxylic acids is 1. The van der Waals surface area contributed by atoms with Gasteiger partial charge in [0.15, 0.2) is 0 Å². The van der Waals surface area contributed by atoms with Crippen molar-refractivity contribution < 1.29 is 30.6 Å². The summed E-state index contributed by atoms with van der Waals surface area (Å²) in [5, 5.41) is 2.33. The largest absolute Gasteiger partial charge is 0.418 e.